The number of hydrogen-bond donors (Lipinski definition) is 0. The molecule has 2 unspecified atom stereocenters. The number of piperazine rings is 1. The SMILES string of the molecule is COc1ccc(S(=O)(=O)N2CC(C)N(C)C(C(F)(F)F)C2)cc1. The average Bonchev–Trinajstić information content (AvgIpc) is 2.48. The molecule has 2 atom stereocenters. The molecule has 130 valence electrons. The molecule has 0 amide bonds. The number of hydrogen-bond acceptors (Lipinski definition) is 4. The lowest BCUT2D eigenvalue weighted by molar-refractivity contribution is -0.194. The first-order chi connectivity index (χ1) is 10.6. The van der Waals surface area contributed by atoms with Gasteiger partial charge in [-0.15, -0.1) is 0 Å². The van der Waals surface area contributed by atoms with Crippen molar-refractivity contribution < 1.29 is 26.3 Å². The van der Waals surface area contributed by atoms with Crippen molar-refractivity contribution in [3.8, 4) is 5.75 Å². The van der Waals surface area contributed by atoms with E-state index >= 15 is 0 Å². The molecule has 1 aromatic rings. The zero-order valence-electron chi connectivity index (χ0n) is 13.0. The van der Waals surface area contributed by atoms with E-state index in [0.29, 0.717) is 5.75 Å². The van der Waals surface area contributed by atoms with Gasteiger partial charge >= 0.3 is 6.18 Å². The van der Waals surface area contributed by atoms with Crippen molar-refractivity contribution in [3.63, 3.8) is 0 Å². The van der Waals surface area contributed by atoms with Crippen molar-refractivity contribution in [1.82, 2.24) is 9.21 Å². The quantitative estimate of drug-likeness (QED) is 0.834. The molecular weight excluding hydrogens is 333 g/mol. The van der Waals surface area contributed by atoms with Crippen LogP contribution in [-0.4, -0.2) is 63.1 Å². The van der Waals surface area contributed by atoms with Crippen LogP contribution in [0.5, 0.6) is 5.75 Å². The molecule has 0 radical (unpaired) electrons. The molecule has 0 spiro atoms. The predicted molar refractivity (Wildman–Crippen MR) is 78.8 cm³/mol. The second kappa shape index (κ2) is 6.29. The molecule has 1 fully saturated rings. The van der Waals surface area contributed by atoms with E-state index in [1.165, 1.54) is 43.3 Å². The van der Waals surface area contributed by atoms with E-state index in [0.717, 1.165) is 4.31 Å². The number of benzene rings is 1. The lowest BCUT2D eigenvalue weighted by Crippen LogP contribution is -2.62. The number of alkyl halides is 3. The minimum absolute atomic E-state index is 0.0114. The number of methoxy groups -OCH3 is 1. The third-order valence-corrected chi connectivity index (χ3v) is 5.95. The molecule has 0 saturated carbocycles. The van der Waals surface area contributed by atoms with Crippen LogP contribution in [0.25, 0.3) is 0 Å². The van der Waals surface area contributed by atoms with E-state index in [-0.39, 0.29) is 11.4 Å². The molecule has 2 rings (SSSR count). The summed E-state index contributed by atoms with van der Waals surface area (Å²) in [6.07, 6.45) is -4.49. The molecule has 0 N–H and O–H groups in total. The summed E-state index contributed by atoms with van der Waals surface area (Å²) in [7, 11) is -1.18. The number of rotatable bonds is 3. The largest absolute Gasteiger partial charge is 0.497 e. The molecule has 0 bridgehead atoms. The Balaban J connectivity index is 2.31. The van der Waals surface area contributed by atoms with Crippen LogP contribution < -0.4 is 4.74 Å². The summed E-state index contributed by atoms with van der Waals surface area (Å²) < 4.78 is 70.5. The van der Waals surface area contributed by atoms with Crippen LogP contribution >= 0.6 is 0 Å². The van der Waals surface area contributed by atoms with Gasteiger partial charge in [-0.05, 0) is 38.2 Å². The fraction of sp³-hybridized carbons (Fsp3) is 0.571. The van der Waals surface area contributed by atoms with Gasteiger partial charge in [-0.1, -0.05) is 0 Å². The molecule has 1 saturated heterocycles. The summed E-state index contributed by atoms with van der Waals surface area (Å²) in [4.78, 5) is 1.12. The Kier molecular flexibility index (Phi) is 4.93. The highest BCUT2D eigenvalue weighted by Crippen LogP contribution is 2.31. The fourth-order valence-electron chi connectivity index (χ4n) is 2.55. The number of sulfonamides is 1. The van der Waals surface area contributed by atoms with Gasteiger partial charge in [-0.25, -0.2) is 8.42 Å². The smallest absolute Gasteiger partial charge is 0.405 e. The normalized spacial score (nSPS) is 24.6. The Morgan fingerprint density at radius 3 is 2.22 bits per heavy atom. The molecule has 0 aliphatic carbocycles. The van der Waals surface area contributed by atoms with Crippen molar-refractivity contribution >= 4 is 10.0 Å². The van der Waals surface area contributed by atoms with Crippen molar-refractivity contribution in [2.45, 2.75) is 30.1 Å². The second-order valence-electron chi connectivity index (χ2n) is 5.57. The third-order valence-electron chi connectivity index (χ3n) is 4.11. The predicted octanol–water partition coefficient (Wildman–Crippen LogP) is 1.95. The van der Waals surface area contributed by atoms with E-state index in [2.05, 4.69) is 0 Å². The monoisotopic (exact) mass is 352 g/mol. The van der Waals surface area contributed by atoms with Crippen LogP contribution in [0, 0.1) is 0 Å². The number of halogens is 3. The van der Waals surface area contributed by atoms with Gasteiger partial charge < -0.3 is 4.74 Å². The van der Waals surface area contributed by atoms with Gasteiger partial charge in [0.05, 0.1) is 12.0 Å². The van der Waals surface area contributed by atoms with Gasteiger partial charge in [0.2, 0.25) is 10.0 Å². The standard InChI is InChI=1S/C14H19F3N2O3S/c1-10-8-19(9-13(18(10)2)14(15,16)17)23(20,21)12-6-4-11(22-3)5-7-12/h4-7,10,13H,8-9H2,1-3H3. The van der Waals surface area contributed by atoms with Crippen LogP contribution in [0.2, 0.25) is 0 Å². The number of likely N-dealkylation sites (N-methyl/N-ethyl adjacent to an activating group) is 1. The van der Waals surface area contributed by atoms with Gasteiger partial charge in [0.25, 0.3) is 0 Å². The Morgan fingerprint density at radius 1 is 1.17 bits per heavy atom. The van der Waals surface area contributed by atoms with Crippen LogP contribution in [-0.2, 0) is 10.0 Å². The van der Waals surface area contributed by atoms with Crippen LogP contribution in [0.1, 0.15) is 6.92 Å². The van der Waals surface area contributed by atoms with E-state index in [4.69, 9.17) is 4.74 Å². The summed E-state index contributed by atoms with van der Waals surface area (Å²) in [6.45, 7) is 0.977. The summed E-state index contributed by atoms with van der Waals surface area (Å²) in [6, 6.07) is 3.24. The molecule has 5 nitrogen and oxygen atoms in total. The number of ether oxygens (including phenoxy) is 1. The highest BCUT2D eigenvalue weighted by atomic mass is 32.2. The first-order valence-corrected chi connectivity index (χ1v) is 8.44. The van der Waals surface area contributed by atoms with E-state index in [9.17, 15) is 21.6 Å². The first-order valence-electron chi connectivity index (χ1n) is 7.00. The fourth-order valence-corrected chi connectivity index (χ4v) is 4.08. The molecule has 0 aromatic heterocycles. The minimum Gasteiger partial charge on any atom is -0.497 e. The van der Waals surface area contributed by atoms with Gasteiger partial charge in [-0.3, -0.25) is 4.90 Å². The average molecular weight is 352 g/mol. The molecule has 9 heteroatoms. The zero-order valence-corrected chi connectivity index (χ0v) is 13.9. The summed E-state index contributed by atoms with van der Waals surface area (Å²) in [5.41, 5.74) is 0. The lowest BCUT2D eigenvalue weighted by atomic mass is 10.1. The molecular formula is C14H19F3N2O3S. The van der Waals surface area contributed by atoms with E-state index < -0.39 is 34.8 Å². The summed E-state index contributed by atoms with van der Waals surface area (Å²) in [5, 5.41) is 0. The Bertz CT molecular complexity index is 646. The maximum absolute atomic E-state index is 13.1. The molecule has 1 aliphatic rings. The number of nitrogens with zero attached hydrogens (tertiary/aromatic N) is 2. The van der Waals surface area contributed by atoms with Crippen molar-refractivity contribution in [2.75, 3.05) is 27.2 Å². The molecule has 23 heavy (non-hydrogen) atoms. The Morgan fingerprint density at radius 2 is 1.74 bits per heavy atom. The van der Waals surface area contributed by atoms with Crippen molar-refractivity contribution in [2.24, 2.45) is 0 Å². The molecule has 1 aromatic carbocycles. The maximum atomic E-state index is 13.1. The third kappa shape index (κ3) is 3.61. The Labute approximate surface area is 133 Å². The van der Waals surface area contributed by atoms with Gasteiger partial charge in [0.15, 0.2) is 0 Å². The van der Waals surface area contributed by atoms with Gasteiger partial charge in [-0.2, -0.15) is 17.5 Å². The van der Waals surface area contributed by atoms with Crippen LogP contribution in [0.15, 0.2) is 29.2 Å². The van der Waals surface area contributed by atoms with Gasteiger partial charge in [0, 0.05) is 19.1 Å². The lowest BCUT2D eigenvalue weighted by Gasteiger charge is -2.43. The summed E-state index contributed by atoms with van der Waals surface area (Å²) in [5.74, 6) is 0.476. The highest BCUT2D eigenvalue weighted by molar-refractivity contribution is 7.89. The zero-order chi connectivity index (χ0) is 17.4. The summed E-state index contributed by atoms with van der Waals surface area (Å²) >= 11 is 0. The topological polar surface area (TPSA) is 49.9 Å². The Hall–Kier alpha value is -1.32. The van der Waals surface area contributed by atoms with Crippen molar-refractivity contribution in [3.05, 3.63) is 24.3 Å². The van der Waals surface area contributed by atoms with Crippen molar-refractivity contribution in [1.29, 1.82) is 0 Å². The van der Waals surface area contributed by atoms with Crippen LogP contribution in [0.4, 0.5) is 13.2 Å². The maximum Gasteiger partial charge on any atom is 0.405 e. The van der Waals surface area contributed by atoms with E-state index in [1.54, 1.807) is 6.92 Å². The second-order valence-corrected chi connectivity index (χ2v) is 7.51. The van der Waals surface area contributed by atoms with Crippen LogP contribution in [0.3, 0.4) is 0 Å². The minimum atomic E-state index is -4.49. The highest BCUT2D eigenvalue weighted by Gasteiger charge is 2.49. The van der Waals surface area contributed by atoms with Gasteiger partial charge in [0.1, 0.15) is 11.8 Å². The molecule has 1 aliphatic heterocycles. The molecule has 1 heterocycles. The van der Waals surface area contributed by atoms with E-state index in [1.807, 2.05) is 0 Å². The first kappa shape index (κ1) is 18.0.